The minimum Gasteiger partial charge on any atom is -0.497 e. The van der Waals surface area contributed by atoms with Gasteiger partial charge in [0.25, 0.3) is 0 Å². The fourth-order valence-corrected chi connectivity index (χ4v) is 1.74. The first-order chi connectivity index (χ1) is 8.31. The molecule has 0 spiro atoms. The minimum absolute atomic E-state index is 0.144. The van der Waals surface area contributed by atoms with E-state index in [1.807, 2.05) is 31.2 Å². The Bertz CT molecular complexity index is 318. The Kier molecular flexibility index (Phi) is 6.62. The zero-order valence-electron chi connectivity index (χ0n) is 10.6. The highest BCUT2D eigenvalue weighted by atomic mass is 16.5. The van der Waals surface area contributed by atoms with Gasteiger partial charge in [0, 0.05) is 19.3 Å². The van der Waals surface area contributed by atoms with E-state index >= 15 is 0 Å². The summed E-state index contributed by atoms with van der Waals surface area (Å²) in [5.74, 6) is 6.43. The summed E-state index contributed by atoms with van der Waals surface area (Å²) in [5, 5.41) is 0. The van der Waals surface area contributed by atoms with Gasteiger partial charge in [0.1, 0.15) is 5.75 Å². The van der Waals surface area contributed by atoms with E-state index in [4.69, 9.17) is 15.3 Å². The molecular weight excluding hydrogens is 216 g/mol. The van der Waals surface area contributed by atoms with Gasteiger partial charge in [-0.15, -0.1) is 0 Å². The second-order valence-corrected chi connectivity index (χ2v) is 3.84. The molecule has 0 bridgehead atoms. The monoisotopic (exact) mass is 238 g/mol. The molecule has 0 aromatic heterocycles. The lowest BCUT2D eigenvalue weighted by molar-refractivity contribution is 0.141. The van der Waals surface area contributed by atoms with Crippen LogP contribution in [0, 0.1) is 0 Å². The molecule has 0 saturated heterocycles. The lowest BCUT2D eigenvalue weighted by Crippen LogP contribution is -2.28. The van der Waals surface area contributed by atoms with Gasteiger partial charge < -0.3 is 9.47 Å². The molecule has 4 nitrogen and oxygen atoms in total. The number of ether oxygens (including phenoxy) is 2. The van der Waals surface area contributed by atoms with E-state index < -0.39 is 0 Å². The van der Waals surface area contributed by atoms with Gasteiger partial charge in [-0.1, -0.05) is 12.1 Å². The van der Waals surface area contributed by atoms with Gasteiger partial charge in [0.2, 0.25) is 0 Å². The molecule has 1 rings (SSSR count). The van der Waals surface area contributed by atoms with Crippen molar-refractivity contribution in [3.8, 4) is 5.75 Å². The zero-order chi connectivity index (χ0) is 12.5. The van der Waals surface area contributed by atoms with Gasteiger partial charge in [-0.25, -0.2) is 0 Å². The van der Waals surface area contributed by atoms with Gasteiger partial charge in [-0.3, -0.25) is 11.3 Å². The Balaban J connectivity index is 2.53. The largest absolute Gasteiger partial charge is 0.497 e. The highest BCUT2D eigenvalue weighted by Gasteiger charge is 2.09. The molecule has 0 saturated carbocycles. The van der Waals surface area contributed by atoms with Crippen LogP contribution in [-0.4, -0.2) is 20.3 Å². The van der Waals surface area contributed by atoms with Crippen LogP contribution in [0.2, 0.25) is 0 Å². The number of benzene rings is 1. The van der Waals surface area contributed by atoms with E-state index in [-0.39, 0.29) is 6.04 Å². The van der Waals surface area contributed by atoms with Crippen LogP contribution in [0.4, 0.5) is 0 Å². The summed E-state index contributed by atoms with van der Waals surface area (Å²) in [6, 6.07) is 8.10. The Morgan fingerprint density at radius 3 is 2.88 bits per heavy atom. The fourth-order valence-electron chi connectivity index (χ4n) is 1.74. The van der Waals surface area contributed by atoms with Gasteiger partial charge in [0.15, 0.2) is 0 Å². The van der Waals surface area contributed by atoms with Crippen molar-refractivity contribution in [2.45, 2.75) is 25.8 Å². The summed E-state index contributed by atoms with van der Waals surface area (Å²) >= 11 is 0. The highest BCUT2D eigenvalue weighted by Crippen LogP contribution is 2.21. The first kappa shape index (κ1) is 14.0. The van der Waals surface area contributed by atoms with Crippen molar-refractivity contribution in [3.05, 3.63) is 29.8 Å². The Morgan fingerprint density at radius 1 is 1.41 bits per heavy atom. The van der Waals surface area contributed by atoms with E-state index in [0.29, 0.717) is 0 Å². The smallest absolute Gasteiger partial charge is 0.119 e. The summed E-state index contributed by atoms with van der Waals surface area (Å²) in [5.41, 5.74) is 3.98. The summed E-state index contributed by atoms with van der Waals surface area (Å²) in [4.78, 5) is 0. The van der Waals surface area contributed by atoms with Gasteiger partial charge in [0.05, 0.1) is 7.11 Å². The van der Waals surface area contributed by atoms with Gasteiger partial charge >= 0.3 is 0 Å². The van der Waals surface area contributed by atoms with Crippen LogP contribution in [0.15, 0.2) is 24.3 Å². The lowest BCUT2D eigenvalue weighted by atomic mass is 10.0. The van der Waals surface area contributed by atoms with Crippen molar-refractivity contribution in [1.29, 1.82) is 0 Å². The molecule has 96 valence electrons. The Labute approximate surface area is 103 Å². The normalized spacial score (nSPS) is 12.4. The highest BCUT2D eigenvalue weighted by molar-refractivity contribution is 5.30. The van der Waals surface area contributed by atoms with Crippen LogP contribution in [-0.2, 0) is 4.74 Å². The molecule has 1 aromatic carbocycles. The average Bonchev–Trinajstić information content (AvgIpc) is 2.39. The number of rotatable bonds is 8. The third-order valence-corrected chi connectivity index (χ3v) is 2.68. The second-order valence-electron chi connectivity index (χ2n) is 3.84. The maximum Gasteiger partial charge on any atom is 0.119 e. The standard InChI is InChI=1S/C13H22N2O2/c1-3-17-9-5-8-13(15-14)11-6-4-7-12(10-11)16-2/h4,6-7,10,13,15H,3,5,8-9,14H2,1-2H3. The van der Waals surface area contributed by atoms with Crippen molar-refractivity contribution in [1.82, 2.24) is 5.43 Å². The Hall–Kier alpha value is -1.10. The maximum atomic E-state index is 5.58. The summed E-state index contributed by atoms with van der Waals surface area (Å²) in [6.45, 7) is 3.54. The molecule has 4 heteroatoms. The number of methoxy groups -OCH3 is 1. The van der Waals surface area contributed by atoms with Crippen molar-refractivity contribution in [2.75, 3.05) is 20.3 Å². The first-order valence-corrected chi connectivity index (χ1v) is 5.99. The van der Waals surface area contributed by atoms with Crippen molar-refractivity contribution >= 4 is 0 Å². The number of hydrogen-bond donors (Lipinski definition) is 2. The van der Waals surface area contributed by atoms with Crippen LogP contribution in [0.25, 0.3) is 0 Å². The molecule has 0 aliphatic carbocycles. The molecule has 0 fully saturated rings. The third kappa shape index (κ3) is 4.73. The fraction of sp³-hybridized carbons (Fsp3) is 0.538. The van der Waals surface area contributed by atoms with E-state index in [1.54, 1.807) is 7.11 Å². The molecule has 0 aliphatic heterocycles. The minimum atomic E-state index is 0.144. The molecule has 1 atom stereocenters. The Morgan fingerprint density at radius 2 is 2.24 bits per heavy atom. The number of hydrazine groups is 1. The summed E-state index contributed by atoms with van der Waals surface area (Å²) in [6.07, 6.45) is 1.93. The predicted octanol–water partition coefficient (Wildman–Crippen LogP) is 2.02. The van der Waals surface area contributed by atoms with Gasteiger partial charge in [-0.2, -0.15) is 0 Å². The van der Waals surface area contributed by atoms with Crippen LogP contribution in [0.5, 0.6) is 5.75 Å². The molecule has 17 heavy (non-hydrogen) atoms. The topological polar surface area (TPSA) is 56.5 Å². The number of nitrogens with one attached hydrogen (secondary N) is 1. The van der Waals surface area contributed by atoms with Crippen molar-refractivity contribution < 1.29 is 9.47 Å². The summed E-state index contributed by atoms with van der Waals surface area (Å²) < 4.78 is 10.5. The second kappa shape index (κ2) is 8.06. The quantitative estimate of drug-likeness (QED) is 0.413. The van der Waals surface area contributed by atoms with E-state index in [0.717, 1.165) is 37.4 Å². The zero-order valence-corrected chi connectivity index (χ0v) is 10.6. The molecular formula is C13H22N2O2. The lowest BCUT2D eigenvalue weighted by Gasteiger charge is -2.16. The molecule has 1 unspecified atom stereocenters. The summed E-state index contributed by atoms with van der Waals surface area (Å²) in [7, 11) is 1.67. The molecule has 0 aliphatic rings. The van der Waals surface area contributed by atoms with Crippen LogP contribution < -0.4 is 16.0 Å². The van der Waals surface area contributed by atoms with Crippen LogP contribution in [0.3, 0.4) is 0 Å². The van der Waals surface area contributed by atoms with Crippen LogP contribution in [0.1, 0.15) is 31.4 Å². The van der Waals surface area contributed by atoms with Gasteiger partial charge in [-0.05, 0) is 37.5 Å². The van der Waals surface area contributed by atoms with E-state index in [2.05, 4.69) is 5.43 Å². The first-order valence-electron chi connectivity index (χ1n) is 5.99. The van der Waals surface area contributed by atoms with Crippen LogP contribution >= 0.6 is 0 Å². The number of hydrogen-bond acceptors (Lipinski definition) is 4. The number of nitrogens with two attached hydrogens (primary N) is 1. The van der Waals surface area contributed by atoms with E-state index in [9.17, 15) is 0 Å². The molecule has 0 radical (unpaired) electrons. The molecule has 3 N–H and O–H groups in total. The predicted molar refractivity (Wildman–Crippen MR) is 68.8 cm³/mol. The SMILES string of the molecule is CCOCCCC(NN)c1cccc(OC)c1. The van der Waals surface area contributed by atoms with Crippen molar-refractivity contribution in [2.24, 2.45) is 5.84 Å². The third-order valence-electron chi connectivity index (χ3n) is 2.68. The van der Waals surface area contributed by atoms with E-state index in [1.165, 1.54) is 0 Å². The molecule has 0 heterocycles. The van der Waals surface area contributed by atoms with Crippen molar-refractivity contribution in [3.63, 3.8) is 0 Å². The average molecular weight is 238 g/mol. The molecule has 1 aromatic rings. The maximum absolute atomic E-state index is 5.58. The molecule has 0 amide bonds.